The van der Waals surface area contributed by atoms with Crippen LogP contribution in [0.4, 0.5) is 0 Å². The topological polar surface area (TPSA) is 28.0 Å². The van der Waals surface area contributed by atoms with E-state index in [1.807, 2.05) is 0 Å². The van der Waals surface area contributed by atoms with Crippen LogP contribution < -0.4 is 9.13 Å². The van der Waals surface area contributed by atoms with Gasteiger partial charge in [-0.25, -0.2) is 0 Å². The van der Waals surface area contributed by atoms with Crippen molar-refractivity contribution in [3.63, 3.8) is 0 Å². The summed E-state index contributed by atoms with van der Waals surface area (Å²) in [6.45, 7) is 13.6. The van der Waals surface area contributed by atoms with Crippen LogP contribution >= 0.6 is 0 Å². The number of hydrogen-bond donors (Lipinski definition) is 1. The fraction of sp³-hybridized carbons (Fsp3) is 0.297. The Kier molecular flexibility index (Phi) is 6.92. The number of aryl methyl sites for hydroxylation is 2. The third kappa shape index (κ3) is 4.38. The fourth-order valence-electron chi connectivity index (χ4n) is 7.12. The minimum Gasteiger partial charge on any atom is -0.515 e. The summed E-state index contributed by atoms with van der Waals surface area (Å²) in [6, 6.07) is 24.6. The molecule has 0 bridgehead atoms. The maximum Gasteiger partial charge on any atom is 0.217 e. The Morgan fingerprint density at radius 3 is 2.42 bits per heavy atom. The van der Waals surface area contributed by atoms with E-state index in [0.717, 1.165) is 42.6 Å². The lowest BCUT2D eigenvalue weighted by Gasteiger charge is -2.31. The Hall–Kier alpha value is -3.98. The average Bonchev–Trinajstić information content (AvgIpc) is 2.96. The van der Waals surface area contributed by atoms with E-state index < -0.39 is 0 Å². The van der Waals surface area contributed by atoms with E-state index in [0.29, 0.717) is 11.8 Å². The zero-order valence-electron chi connectivity index (χ0n) is 24.2. The molecule has 0 spiro atoms. The number of hydrogen-bond acceptors (Lipinski definition) is 1. The van der Waals surface area contributed by atoms with Gasteiger partial charge in [0, 0.05) is 35.2 Å². The molecule has 4 aromatic rings. The Balaban J connectivity index is 1.54. The molecule has 2 aliphatic rings. The molecule has 2 aliphatic heterocycles. The van der Waals surface area contributed by atoms with Crippen LogP contribution in [0.15, 0.2) is 92.0 Å². The molecule has 202 valence electrons. The number of aromatic nitrogens is 2. The molecule has 0 fully saturated rings. The zero-order chi connectivity index (χ0) is 28.0. The minimum absolute atomic E-state index is 0.277. The molecule has 1 N–H and O–H groups in total. The van der Waals surface area contributed by atoms with Crippen LogP contribution in [-0.2, 0) is 0 Å². The van der Waals surface area contributed by atoms with E-state index in [1.54, 1.807) is 0 Å². The van der Waals surface area contributed by atoms with Crippen molar-refractivity contribution in [2.45, 2.75) is 71.3 Å². The molecule has 0 aliphatic carbocycles. The van der Waals surface area contributed by atoms with E-state index in [4.69, 9.17) is 6.58 Å². The van der Waals surface area contributed by atoms with E-state index in [2.05, 4.69) is 116 Å². The lowest BCUT2D eigenvalue weighted by atomic mass is 9.77. The van der Waals surface area contributed by atoms with Crippen molar-refractivity contribution in [2.24, 2.45) is 0 Å². The van der Waals surface area contributed by atoms with Gasteiger partial charge in [0.25, 0.3) is 0 Å². The highest BCUT2D eigenvalue weighted by Crippen LogP contribution is 2.44. The number of pyridine rings is 2. The van der Waals surface area contributed by atoms with Crippen LogP contribution in [0.1, 0.15) is 85.4 Å². The molecule has 4 heterocycles. The minimum atomic E-state index is 0.277. The van der Waals surface area contributed by atoms with Gasteiger partial charge in [0.2, 0.25) is 11.4 Å². The maximum absolute atomic E-state index is 10.6. The molecule has 2 aromatic heterocycles. The molecular weight excluding hydrogens is 488 g/mol. The molecule has 6 rings (SSSR count). The molecule has 2 aromatic carbocycles. The predicted molar refractivity (Wildman–Crippen MR) is 164 cm³/mol. The molecule has 3 nitrogen and oxygen atoms in total. The van der Waals surface area contributed by atoms with Crippen molar-refractivity contribution in [3.8, 4) is 22.4 Å². The number of aliphatic hydroxyl groups excluding tert-OH is 1. The van der Waals surface area contributed by atoms with Crippen molar-refractivity contribution < 1.29 is 14.2 Å². The molecule has 0 saturated carbocycles. The first-order valence-corrected chi connectivity index (χ1v) is 14.7. The summed E-state index contributed by atoms with van der Waals surface area (Å²) in [5.41, 5.74) is 13.5. The molecule has 2 atom stereocenters. The standard InChI is InChI=1S/C37H39N2O/c1-24(2)33-22-39-27(5)20-36-31(29-15-6-7-16-30(29)34-18-8-9-19-38(34)36)17-11-14-28(23-40)35(39)21-32(33)37-25(3)12-10-13-26(37)4/h6-10,12-13,15-16,18-19,21-24,31,36H,5,11,14,17,20H2,1-4H3/q+1/p+1. The summed E-state index contributed by atoms with van der Waals surface area (Å²) < 4.78 is 4.76. The van der Waals surface area contributed by atoms with Gasteiger partial charge in [-0.1, -0.05) is 50.2 Å². The summed E-state index contributed by atoms with van der Waals surface area (Å²) in [7, 11) is 0. The predicted octanol–water partition coefficient (Wildman–Crippen LogP) is 8.62. The summed E-state index contributed by atoms with van der Waals surface area (Å²) in [5.74, 6) is 0.717. The number of rotatable bonds is 2. The van der Waals surface area contributed by atoms with Gasteiger partial charge in [-0.05, 0) is 85.6 Å². The Labute approximate surface area is 238 Å². The van der Waals surface area contributed by atoms with Gasteiger partial charge in [0.1, 0.15) is 0 Å². The summed E-state index contributed by atoms with van der Waals surface area (Å²) in [6.07, 6.45) is 9.59. The summed E-state index contributed by atoms with van der Waals surface area (Å²) in [5, 5.41) is 10.6. The number of allylic oxidation sites excluding steroid dienone is 2. The fourth-order valence-corrected chi connectivity index (χ4v) is 7.12. The highest BCUT2D eigenvalue weighted by molar-refractivity contribution is 5.76. The average molecular weight is 529 g/mol. The van der Waals surface area contributed by atoms with Gasteiger partial charge in [0.05, 0.1) is 18.3 Å². The number of nitrogens with zero attached hydrogens (tertiary/aromatic N) is 2. The molecule has 0 amide bonds. The third-order valence-corrected chi connectivity index (χ3v) is 9.07. The zero-order valence-corrected chi connectivity index (χ0v) is 24.2. The van der Waals surface area contributed by atoms with Gasteiger partial charge in [-0.3, -0.25) is 0 Å². The number of fused-ring (bicyclic) bond motifs is 7. The highest BCUT2D eigenvalue weighted by Gasteiger charge is 2.42. The second-order valence-corrected chi connectivity index (χ2v) is 11.9. The van der Waals surface area contributed by atoms with Crippen molar-refractivity contribution >= 4 is 11.3 Å². The van der Waals surface area contributed by atoms with Crippen molar-refractivity contribution in [2.75, 3.05) is 0 Å². The molecule has 3 heteroatoms. The first-order valence-electron chi connectivity index (χ1n) is 14.7. The Morgan fingerprint density at radius 1 is 0.925 bits per heavy atom. The van der Waals surface area contributed by atoms with E-state index in [9.17, 15) is 5.11 Å². The molecule has 0 saturated heterocycles. The lowest BCUT2D eigenvalue weighted by molar-refractivity contribution is -0.720. The maximum atomic E-state index is 10.6. The van der Waals surface area contributed by atoms with E-state index in [-0.39, 0.29) is 6.04 Å². The highest BCUT2D eigenvalue weighted by atomic mass is 16.2. The van der Waals surface area contributed by atoms with Gasteiger partial charge in [-0.2, -0.15) is 9.13 Å². The first kappa shape index (κ1) is 26.3. The molecular formula is C37H40N2O+2. The van der Waals surface area contributed by atoms with Crippen LogP contribution in [0.3, 0.4) is 0 Å². The van der Waals surface area contributed by atoms with Gasteiger partial charge in [0.15, 0.2) is 24.1 Å². The normalized spacial score (nSPS) is 19.5. The van der Waals surface area contributed by atoms with Crippen LogP contribution in [-0.4, -0.2) is 5.11 Å². The largest absolute Gasteiger partial charge is 0.515 e. The lowest BCUT2D eigenvalue weighted by Crippen LogP contribution is -2.49. The summed E-state index contributed by atoms with van der Waals surface area (Å²) >= 11 is 0. The SMILES string of the molecule is C=C1CC2C(CCC/C(=C/O)c3cc(-c4c(C)cccc4C)c(C(C)C)c[n+]31)c1ccccc1-c1cccc[n+]12. The van der Waals surface area contributed by atoms with Gasteiger partial charge >= 0.3 is 0 Å². The van der Waals surface area contributed by atoms with Gasteiger partial charge < -0.3 is 5.11 Å². The first-order chi connectivity index (χ1) is 19.4. The molecule has 40 heavy (non-hydrogen) atoms. The van der Waals surface area contributed by atoms with Crippen LogP contribution in [0.5, 0.6) is 0 Å². The molecule has 2 unspecified atom stereocenters. The van der Waals surface area contributed by atoms with Crippen LogP contribution in [0, 0.1) is 13.8 Å². The molecule has 0 radical (unpaired) electrons. The van der Waals surface area contributed by atoms with Crippen molar-refractivity contribution in [1.29, 1.82) is 0 Å². The Bertz CT molecular complexity index is 1620. The van der Waals surface area contributed by atoms with Crippen LogP contribution in [0.2, 0.25) is 0 Å². The third-order valence-electron chi connectivity index (χ3n) is 9.07. The number of benzene rings is 2. The Morgan fingerprint density at radius 2 is 1.68 bits per heavy atom. The van der Waals surface area contributed by atoms with Crippen LogP contribution in [0.25, 0.3) is 33.7 Å². The van der Waals surface area contributed by atoms with E-state index in [1.165, 1.54) is 50.9 Å². The van der Waals surface area contributed by atoms with E-state index >= 15 is 0 Å². The monoisotopic (exact) mass is 528 g/mol. The second kappa shape index (κ2) is 10.5. The van der Waals surface area contributed by atoms with Crippen molar-refractivity contribution in [1.82, 2.24) is 0 Å². The number of aliphatic hydroxyl groups is 1. The van der Waals surface area contributed by atoms with Gasteiger partial charge in [-0.15, -0.1) is 0 Å². The summed E-state index contributed by atoms with van der Waals surface area (Å²) in [4.78, 5) is 0. The quantitative estimate of drug-likeness (QED) is 0.205. The van der Waals surface area contributed by atoms with Crippen molar-refractivity contribution in [3.05, 3.63) is 120 Å². The second-order valence-electron chi connectivity index (χ2n) is 11.9. The smallest absolute Gasteiger partial charge is 0.217 e.